The molecule has 0 saturated carbocycles. The fourth-order valence-corrected chi connectivity index (χ4v) is 2.45. The summed E-state index contributed by atoms with van der Waals surface area (Å²) in [6, 6.07) is 10.7. The van der Waals surface area contributed by atoms with Crippen molar-refractivity contribution < 1.29 is 9.66 Å². The summed E-state index contributed by atoms with van der Waals surface area (Å²) in [5.41, 5.74) is 1.94. The smallest absolute Gasteiger partial charge is 0.296 e. The van der Waals surface area contributed by atoms with E-state index in [1.165, 1.54) is 6.07 Å². The van der Waals surface area contributed by atoms with Gasteiger partial charge in [-0.05, 0) is 23.6 Å². The first-order valence-corrected chi connectivity index (χ1v) is 6.74. The van der Waals surface area contributed by atoms with Gasteiger partial charge in [0.15, 0.2) is 17.2 Å². The lowest BCUT2D eigenvalue weighted by molar-refractivity contribution is -0.384. The standard InChI is InChI=1S/C16H16N2O3/c1-16(2,3)10-8-9-12(18(19)20)14-15(10)21-13-7-5-4-6-11(13)17-14/h4-9,17H,1-3H3. The average molecular weight is 284 g/mol. The van der Waals surface area contributed by atoms with Crippen molar-refractivity contribution in [3.63, 3.8) is 0 Å². The first-order chi connectivity index (χ1) is 9.88. The van der Waals surface area contributed by atoms with Crippen molar-refractivity contribution in [1.82, 2.24) is 0 Å². The number of hydrogen-bond acceptors (Lipinski definition) is 4. The third kappa shape index (κ3) is 2.20. The van der Waals surface area contributed by atoms with E-state index in [9.17, 15) is 10.1 Å². The van der Waals surface area contributed by atoms with Crippen LogP contribution in [0.15, 0.2) is 36.4 Å². The van der Waals surface area contributed by atoms with Crippen LogP contribution in [0.5, 0.6) is 11.5 Å². The van der Waals surface area contributed by atoms with E-state index in [1.54, 1.807) is 6.07 Å². The fourth-order valence-electron chi connectivity index (χ4n) is 2.45. The van der Waals surface area contributed by atoms with E-state index in [0.29, 0.717) is 17.2 Å². The van der Waals surface area contributed by atoms with Crippen LogP contribution in [0, 0.1) is 10.1 Å². The number of fused-ring (bicyclic) bond motifs is 2. The average Bonchev–Trinajstić information content (AvgIpc) is 2.42. The molecule has 0 saturated heterocycles. The highest BCUT2D eigenvalue weighted by molar-refractivity contribution is 5.83. The van der Waals surface area contributed by atoms with Crippen molar-refractivity contribution in [2.45, 2.75) is 26.2 Å². The highest BCUT2D eigenvalue weighted by Gasteiger charge is 2.31. The zero-order valence-corrected chi connectivity index (χ0v) is 12.1. The van der Waals surface area contributed by atoms with Gasteiger partial charge in [0, 0.05) is 11.6 Å². The van der Waals surface area contributed by atoms with Crippen LogP contribution in [0.1, 0.15) is 26.3 Å². The first-order valence-electron chi connectivity index (χ1n) is 6.74. The third-order valence-corrected chi connectivity index (χ3v) is 3.50. The van der Waals surface area contributed by atoms with Crippen LogP contribution in [0.2, 0.25) is 0 Å². The molecule has 2 aromatic carbocycles. The topological polar surface area (TPSA) is 64.4 Å². The van der Waals surface area contributed by atoms with Crippen LogP contribution < -0.4 is 10.1 Å². The number of nitrogens with zero attached hydrogens (tertiary/aromatic N) is 1. The van der Waals surface area contributed by atoms with Crippen molar-refractivity contribution in [3.8, 4) is 11.5 Å². The Bertz CT molecular complexity index is 733. The highest BCUT2D eigenvalue weighted by Crippen LogP contribution is 2.50. The Kier molecular flexibility index (Phi) is 2.86. The summed E-state index contributed by atoms with van der Waals surface area (Å²) in [4.78, 5) is 10.9. The molecule has 0 atom stereocenters. The predicted octanol–water partition coefficient (Wildman–Crippen LogP) is 4.74. The van der Waals surface area contributed by atoms with Gasteiger partial charge >= 0.3 is 0 Å². The van der Waals surface area contributed by atoms with Gasteiger partial charge < -0.3 is 10.1 Å². The van der Waals surface area contributed by atoms with E-state index >= 15 is 0 Å². The quantitative estimate of drug-likeness (QED) is 0.517. The Hall–Kier alpha value is -2.56. The predicted molar refractivity (Wildman–Crippen MR) is 81.6 cm³/mol. The van der Waals surface area contributed by atoms with Gasteiger partial charge in [0.25, 0.3) is 5.69 Å². The molecule has 0 aromatic heterocycles. The number of rotatable bonds is 1. The minimum absolute atomic E-state index is 0.0208. The van der Waals surface area contributed by atoms with Crippen LogP contribution in [-0.4, -0.2) is 4.92 Å². The van der Waals surface area contributed by atoms with Gasteiger partial charge in [-0.2, -0.15) is 0 Å². The molecule has 21 heavy (non-hydrogen) atoms. The van der Waals surface area contributed by atoms with Gasteiger partial charge in [-0.1, -0.05) is 32.9 Å². The number of para-hydroxylation sites is 2. The van der Waals surface area contributed by atoms with Crippen LogP contribution in [0.3, 0.4) is 0 Å². The Morgan fingerprint density at radius 1 is 1.14 bits per heavy atom. The summed E-state index contributed by atoms with van der Waals surface area (Å²) < 4.78 is 5.96. The summed E-state index contributed by atoms with van der Waals surface area (Å²) in [7, 11) is 0. The Balaban J connectivity index is 2.24. The molecule has 5 nitrogen and oxygen atoms in total. The van der Waals surface area contributed by atoms with Gasteiger partial charge in [0.1, 0.15) is 0 Å². The number of ether oxygens (including phenoxy) is 1. The molecule has 1 aliphatic rings. The van der Waals surface area contributed by atoms with E-state index < -0.39 is 4.92 Å². The lowest BCUT2D eigenvalue weighted by Crippen LogP contribution is -2.16. The second kappa shape index (κ2) is 4.48. The van der Waals surface area contributed by atoms with Gasteiger partial charge in [-0.25, -0.2) is 0 Å². The maximum absolute atomic E-state index is 11.3. The van der Waals surface area contributed by atoms with Gasteiger partial charge in [0.2, 0.25) is 0 Å². The van der Waals surface area contributed by atoms with Crippen molar-refractivity contribution in [2.75, 3.05) is 5.32 Å². The van der Waals surface area contributed by atoms with E-state index in [0.717, 1.165) is 11.3 Å². The summed E-state index contributed by atoms with van der Waals surface area (Å²) in [6.45, 7) is 6.16. The van der Waals surface area contributed by atoms with Crippen molar-refractivity contribution in [3.05, 3.63) is 52.1 Å². The first kappa shape index (κ1) is 13.4. The molecule has 0 unspecified atom stereocenters. The van der Waals surface area contributed by atoms with E-state index in [2.05, 4.69) is 26.1 Å². The number of nitrogens with one attached hydrogen (secondary N) is 1. The Morgan fingerprint density at radius 2 is 1.86 bits per heavy atom. The minimum Gasteiger partial charge on any atom is -0.452 e. The largest absolute Gasteiger partial charge is 0.452 e. The van der Waals surface area contributed by atoms with E-state index in [1.807, 2.05) is 24.3 Å². The summed E-state index contributed by atoms with van der Waals surface area (Å²) >= 11 is 0. The second-order valence-corrected chi connectivity index (χ2v) is 6.07. The lowest BCUT2D eigenvalue weighted by atomic mass is 9.85. The molecule has 0 bridgehead atoms. The molecule has 1 heterocycles. The van der Waals surface area contributed by atoms with Gasteiger partial charge in [0.05, 0.1) is 10.6 Å². The number of anilines is 2. The van der Waals surface area contributed by atoms with Crippen LogP contribution in [-0.2, 0) is 5.41 Å². The Labute approximate surface area is 122 Å². The zero-order chi connectivity index (χ0) is 15.2. The molecule has 0 spiro atoms. The summed E-state index contributed by atoms with van der Waals surface area (Å²) in [5.74, 6) is 1.21. The Morgan fingerprint density at radius 3 is 2.52 bits per heavy atom. The number of benzene rings is 2. The maximum Gasteiger partial charge on any atom is 0.296 e. The summed E-state index contributed by atoms with van der Waals surface area (Å²) in [6.07, 6.45) is 0. The second-order valence-electron chi connectivity index (χ2n) is 6.07. The molecule has 5 heteroatoms. The molecular formula is C16H16N2O3. The van der Waals surface area contributed by atoms with Crippen LogP contribution >= 0.6 is 0 Å². The van der Waals surface area contributed by atoms with Crippen molar-refractivity contribution in [1.29, 1.82) is 0 Å². The molecule has 0 aliphatic carbocycles. The molecule has 1 N–H and O–H groups in total. The monoisotopic (exact) mass is 284 g/mol. The van der Waals surface area contributed by atoms with Gasteiger partial charge in [-0.15, -0.1) is 0 Å². The number of nitro groups is 1. The molecule has 0 fully saturated rings. The molecule has 3 rings (SSSR count). The van der Waals surface area contributed by atoms with Gasteiger partial charge in [-0.3, -0.25) is 10.1 Å². The number of hydrogen-bond donors (Lipinski definition) is 1. The molecule has 2 aromatic rings. The van der Waals surface area contributed by atoms with E-state index in [-0.39, 0.29) is 11.1 Å². The lowest BCUT2D eigenvalue weighted by Gasteiger charge is -2.28. The third-order valence-electron chi connectivity index (χ3n) is 3.50. The molecule has 108 valence electrons. The van der Waals surface area contributed by atoms with Crippen molar-refractivity contribution in [2.24, 2.45) is 0 Å². The minimum atomic E-state index is -0.393. The van der Waals surface area contributed by atoms with Crippen LogP contribution in [0.25, 0.3) is 0 Å². The highest BCUT2D eigenvalue weighted by atomic mass is 16.6. The van der Waals surface area contributed by atoms with Crippen molar-refractivity contribution >= 4 is 17.1 Å². The normalized spacial score (nSPS) is 12.7. The SMILES string of the molecule is CC(C)(C)c1ccc([N+](=O)[O-])c2c1Oc1ccccc1N2. The fraction of sp³-hybridized carbons (Fsp3) is 0.250. The van der Waals surface area contributed by atoms with E-state index in [4.69, 9.17) is 4.74 Å². The maximum atomic E-state index is 11.3. The molecule has 1 aliphatic heterocycles. The van der Waals surface area contributed by atoms with Crippen LogP contribution in [0.4, 0.5) is 17.1 Å². The number of nitro benzene ring substituents is 1. The zero-order valence-electron chi connectivity index (χ0n) is 12.1. The molecule has 0 radical (unpaired) electrons. The molecular weight excluding hydrogens is 268 g/mol. The molecule has 0 amide bonds. The summed E-state index contributed by atoms with van der Waals surface area (Å²) in [5, 5.41) is 14.4.